The first-order chi connectivity index (χ1) is 13.5. The standard InChI is InChI=1S/C23H28N2O3/c1-4-5-14-25-21-12-9-19(15-18(21)8-13-22(25)26)24-23(27)17-6-10-20(11-7-17)28-16(2)3/h6-7,9-12,15-16H,4-5,8,13-14H2,1-3H3,(H,24,27). The third-order valence-corrected chi connectivity index (χ3v) is 4.76. The van der Waals surface area contributed by atoms with Crippen LogP contribution in [0.15, 0.2) is 42.5 Å². The molecule has 148 valence electrons. The maximum Gasteiger partial charge on any atom is 0.255 e. The van der Waals surface area contributed by atoms with E-state index in [2.05, 4.69) is 12.2 Å². The summed E-state index contributed by atoms with van der Waals surface area (Å²) < 4.78 is 5.61. The zero-order valence-corrected chi connectivity index (χ0v) is 16.8. The van der Waals surface area contributed by atoms with Gasteiger partial charge in [0, 0.05) is 29.9 Å². The van der Waals surface area contributed by atoms with Gasteiger partial charge in [-0.1, -0.05) is 13.3 Å². The van der Waals surface area contributed by atoms with Crippen molar-refractivity contribution >= 4 is 23.2 Å². The van der Waals surface area contributed by atoms with Crippen LogP contribution in [-0.4, -0.2) is 24.5 Å². The molecule has 2 aromatic carbocycles. The summed E-state index contributed by atoms with van der Waals surface area (Å²) in [6.07, 6.45) is 3.36. The molecule has 0 atom stereocenters. The SMILES string of the molecule is CCCCN1C(=O)CCc2cc(NC(=O)c3ccc(OC(C)C)cc3)ccc21. The van der Waals surface area contributed by atoms with Crippen molar-refractivity contribution in [2.75, 3.05) is 16.8 Å². The highest BCUT2D eigenvalue weighted by atomic mass is 16.5. The van der Waals surface area contributed by atoms with Gasteiger partial charge in [-0.15, -0.1) is 0 Å². The largest absolute Gasteiger partial charge is 0.491 e. The second kappa shape index (κ2) is 8.91. The number of unbranched alkanes of at least 4 members (excludes halogenated alkanes) is 1. The predicted molar refractivity (Wildman–Crippen MR) is 112 cm³/mol. The number of amides is 2. The van der Waals surface area contributed by atoms with E-state index < -0.39 is 0 Å². The van der Waals surface area contributed by atoms with E-state index in [9.17, 15) is 9.59 Å². The fraction of sp³-hybridized carbons (Fsp3) is 0.391. The van der Waals surface area contributed by atoms with Gasteiger partial charge >= 0.3 is 0 Å². The molecule has 5 heteroatoms. The van der Waals surface area contributed by atoms with Crippen LogP contribution in [0.1, 0.15) is 56.0 Å². The number of benzene rings is 2. The summed E-state index contributed by atoms with van der Waals surface area (Å²) >= 11 is 0. The van der Waals surface area contributed by atoms with Gasteiger partial charge in [0.05, 0.1) is 6.10 Å². The normalized spacial score (nSPS) is 13.4. The Labute approximate surface area is 166 Å². The topological polar surface area (TPSA) is 58.6 Å². The number of rotatable bonds is 7. The van der Waals surface area contributed by atoms with Crippen LogP contribution in [0.2, 0.25) is 0 Å². The number of anilines is 2. The lowest BCUT2D eigenvalue weighted by Crippen LogP contribution is -2.35. The van der Waals surface area contributed by atoms with Crippen LogP contribution >= 0.6 is 0 Å². The summed E-state index contributed by atoms with van der Waals surface area (Å²) in [5, 5.41) is 2.95. The highest BCUT2D eigenvalue weighted by Gasteiger charge is 2.23. The molecule has 28 heavy (non-hydrogen) atoms. The van der Waals surface area contributed by atoms with Crippen molar-refractivity contribution in [3.8, 4) is 5.75 Å². The number of nitrogens with zero attached hydrogens (tertiary/aromatic N) is 1. The summed E-state index contributed by atoms with van der Waals surface area (Å²) in [4.78, 5) is 26.7. The summed E-state index contributed by atoms with van der Waals surface area (Å²) in [7, 11) is 0. The molecule has 0 fully saturated rings. The third kappa shape index (κ3) is 4.71. The summed E-state index contributed by atoms with van der Waals surface area (Å²) in [5.74, 6) is 0.768. The highest BCUT2D eigenvalue weighted by Crippen LogP contribution is 2.30. The van der Waals surface area contributed by atoms with Gasteiger partial charge in [0.2, 0.25) is 5.91 Å². The fourth-order valence-electron chi connectivity index (χ4n) is 3.36. The molecule has 0 radical (unpaired) electrons. The first-order valence-corrected chi connectivity index (χ1v) is 9.99. The lowest BCUT2D eigenvalue weighted by molar-refractivity contribution is -0.118. The van der Waals surface area contributed by atoms with Crippen molar-refractivity contribution in [1.82, 2.24) is 0 Å². The van der Waals surface area contributed by atoms with Gasteiger partial charge in [-0.05, 0) is 74.7 Å². The highest BCUT2D eigenvalue weighted by molar-refractivity contribution is 6.05. The van der Waals surface area contributed by atoms with Crippen LogP contribution < -0.4 is 15.0 Å². The first-order valence-electron chi connectivity index (χ1n) is 9.99. The van der Waals surface area contributed by atoms with Crippen LogP contribution in [0, 0.1) is 0 Å². The Morgan fingerprint density at radius 2 is 1.89 bits per heavy atom. The van der Waals surface area contributed by atoms with Gasteiger partial charge in [-0.3, -0.25) is 9.59 Å². The van der Waals surface area contributed by atoms with Crippen LogP contribution in [-0.2, 0) is 11.2 Å². The quantitative estimate of drug-likeness (QED) is 0.750. The number of hydrogen-bond acceptors (Lipinski definition) is 3. The van der Waals surface area contributed by atoms with Crippen molar-refractivity contribution in [3.63, 3.8) is 0 Å². The maximum atomic E-state index is 12.6. The van der Waals surface area contributed by atoms with E-state index >= 15 is 0 Å². The molecule has 1 N–H and O–H groups in total. The number of carbonyl (C=O) groups excluding carboxylic acids is 2. The van der Waals surface area contributed by atoms with Gasteiger partial charge in [0.15, 0.2) is 0 Å². The van der Waals surface area contributed by atoms with Gasteiger partial charge in [-0.25, -0.2) is 0 Å². The van der Waals surface area contributed by atoms with Crippen molar-refractivity contribution in [1.29, 1.82) is 0 Å². The smallest absolute Gasteiger partial charge is 0.255 e. The van der Waals surface area contributed by atoms with Gasteiger partial charge in [-0.2, -0.15) is 0 Å². The molecular weight excluding hydrogens is 352 g/mol. The Kier molecular flexibility index (Phi) is 6.34. The van der Waals surface area contributed by atoms with Gasteiger partial charge in [0.1, 0.15) is 5.75 Å². The Bertz CT molecular complexity index is 843. The number of aryl methyl sites for hydroxylation is 1. The third-order valence-electron chi connectivity index (χ3n) is 4.76. The average Bonchev–Trinajstić information content (AvgIpc) is 2.67. The molecule has 0 bridgehead atoms. The Morgan fingerprint density at radius 1 is 1.14 bits per heavy atom. The van der Waals surface area contributed by atoms with E-state index in [1.165, 1.54) is 0 Å². The van der Waals surface area contributed by atoms with Gasteiger partial charge in [0.25, 0.3) is 5.91 Å². The zero-order valence-electron chi connectivity index (χ0n) is 16.8. The zero-order chi connectivity index (χ0) is 20.1. The van der Waals surface area contributed by atoms with Crippen molar-refractivity contribution in [2.24, 2.45) is 0 Å². The van der Waals surface area contributed by atoms with Crippen LogP contribution in [0.25, 0.3) is 0 Å². The Morgan fingerprint density at radius 3 is 2.57 bits per heavy atom. The fourth-order valence-corrected chi connectivity index (χ4v) is 3.36. The first kappa shape index (κ1) is 19.9. The van der Waals surface area contributed by atoms with E-state index in [4.69, 9.17) is 4.74 Å². The molecule has 2 amide bonds. The second-order valence-corrected chi connectivity index (χ2v) is 7.39. The molecule has 0 spiro atoms. The maximum absolute atomic E-state index is 12.6. The number of carbonyl (C=O) groups is 2. The summed E-state index contributed by atoms with van der Waals surface area (Å²) in [6, 6.07) is 12.9. The van der Waals surface area contributed by atoms with E-state index in [1.54, 1.807) is 24.3 Å². The van der Waals surface area contributed by atoms with E-state index in [0.29, 0.717) is 18.4 Å². The van der Waals surface area contributed by atoms with Crippen molar-refractivity contribution in [2.45, 2.75) is 52.6 Å². The number of hydrogen-bond donors (Lipinski definition) is 1. The molecule has 0 aromatic heterocycles. The molecular formula is C23H28N2O3. The number of fused-ring (bicyclic) bond motifs is 1. The van der Waals surface area contributed by atoms with E-state index in [1.807, 2.05) is 36.9 Å². The van der Waals surface area contributed by atoms with Crippen molar-refractivity contribution < 1.29 is 14.3 Å². The molecule has 1 aliphatic rings. The molecule has 0 aliphatic carbocycles. The Balaban J connectivity index is 1.71. The lowest BCUT2D eigenvalue weighted by Gasteiger charge is -2.29. The molecule has 0 saturated carbocycles. The average molecular weight is 380 g/mol. The van der Waals surface area contributed by atoms with Crippen LogP contribution in [0.3, 0.4) is 0 Å². The van der Waals surface area contributed by atoms with E-state index in [0.717, 1.165) is 42.1 Å². The molecule has 0 saturated heterocycles. The summed E-state index contributed by atoms with van der Waals surface area (Å²) in [6.45, 7) is 6.80. The predicted octanol–water partition coefficient (Wildman–Crippen LogP) is 4.81. The molecule has 1 aliphatic heterocycles. The monoisotopic (exact) mass is 380 g/mol. The minimum absolute atomic E-state index is 0.0962. The lowest BCUT2D eigenvalue weighted by atomic mass is 10.00. The van der Waals surface area contributed by atoms with Crippen LogP contribution in [0.5, 0.6) is 5.75 Å². The van der Waals surface area contributed by atoms with Gasteiger partial charge < -0.3 is 15.0 Å². The number of ether oxygens (including phenoxy) is 1. The Hall–Kier alpha value is -2.82. The molecule has 3 rings (SSSR count). The van der Waals surface area contributed by atoms with E-state index in [-0.39, 0.29) is 17.9 Å². The van der Waals surface area contributed by atoms with Crippen molar-refractivity contribution in [3.05, 3.63) is 53.6 Å². The minimum Gasteiger partial charge on any atom is -0.491 e. The minimum atomic E-state index is -0.161. The molecule has 0 unspecified atom stereocenters. The van der Waals surface area contributed by atoms with Crippen LogP contribution in [0.4, 0.5) is 11.4 Å². The molecule has 5 nitrogen and oxygen atoms in total. The summed E-state index contributed by atoms with van der Waals surface area (Å²) in [5.41, 5.74) is 3.40. The molecule has 2 aromatic rings. The molecule has 1 heterocycles. The second-order valence-electron chi connectivity index (χ2n) is 7.39. The number of nitrogens with one attached hydrogen (secondary N) is 1.